The van der Waals surface area contributed by atoms with Crippen LogP contribution in [-0.2, 0) is 23.9 Å². The van der Waals surface area contributed by atoms with Crippen molar-refractivity contribution in [2.75, 3.05) is 28.2 Å². The van der Waals surface area contributed by atoms with Crippen molar-refractivity contribution < 1.29 is 23.9 Å². The van der Waals surface area contributed by atoms with Crippen molar-refractivity contribution in [3.8, 4) is 0 Å². The van der Waals surface area contributed by atoms with E-state index in [9.17, 15) is 19.2 Å². The fourth-order valence-corrected chi connectivity index (χ4v) is 0.537. The van der Waals surface area contributed by atoms with Crippen molar-refractivity contribution in [3.63, 3.8) is 0 Å². The van der Waals surface area contributed by atoms with Gasteiger partial charge in [-0.1, -0.05) is 0 Å². The Morgan fingerprint density at radius 3 is 1.20 bits per heavy atom. The van der Waals surface area contributed by atoms with Gasteiger partial charge in [-0.15, -0.1) is 0 Å². The summed E-state index contributed by atoms with van der Waals surface area (Å²) in [6.45, 7) is 0. The minimum Gasteiger partial charge on any atom is -0.378 e. The first-order valence-corrected chi connectivity index (χ1v) is 3.96. The van der Waals surface area contributed by atoms with Crippen LogP contribution in [0.5, 0.6) is 0 Å². The lowest BCUT2D eigenvalue weighted by atomic mass is 10.5. The summed E-state index contributed by atoms with van der Waals surface area (Å²) in [6.07, 6.45) is 0. The zero-order chi connectivity index (χ0) is 12.2. The van der Waals surface area contributed by atoms with Crippen molar-refractivity contribution in [2.45, 2.75) is 0 Å². The summed E-state index contributed by atoms with van der Waals surface area (Å²) in [4.78, 5) is 45.6. The molecule has 0 saturated heterocycles. The summed E-state index contributed by atoms with van der Waals surface area (Å²) >= 11 is 0. The average molecular weight is 216 g/mol. The summed E-state index contributed by atoms with van der Waals surface area (Å²) < 4.78 is 4.04. The molecule has 0 aliphatic heterocycles. The molecule has 0 fully saturated rings. The number of carbonyl (C=O) groups is 4. The zero-order valence-electron chi connectivity index (χ0n) is 8.94. The Hall–Kier alpha value is -1.92. The first kappa shape index (κ1) is 13.1. The van der Waals surface area contributed by atoms with Crippen molar-refractivity contribution in [1.29, 1.82) is 0 Å². The molecule has 7 nitrogen and oxygen atoms in total. The van der Waals surface area contributed by atoms with Crippen molar-refractivity contribution >= 4 is 23.8 Å². The molecule has 0 atom stereocenters. The first-order chi connectivity index (χ1) is 6.77. The van der Waals surface area contributed by atoms with Gasteiger partial charge in [0.25, 0.3) is 0 Å². The number of hydrogen-bond acceptors (Lipinski definition) is 5. The number of esters is 2. The molecule has 0 heterocycles. The highest BCUT2D eigenvalue weighted by molar-refractivity contribution is 6.40. The van der Waals surface area contributed by atoms with Gasteiger partial charge in [-0.25, -0.2) is 9.59 Å². The number of hydrogen-bond donors (Lipinski definition) is 0. The van der Waals surface area contributed by atoms with E-state index in [4.69, 9.17) is 0 Å². The zero-order valence-corrected chi connectivity index (χ0v) is 8.94. The number of rotatable bonds is 0. The van der Waals surface area contributed by atoms with Crippen LogP contribution in [0.3, 0.4) is 0 Å². The monoisotopic (exact) mass is 216 g/mol. The molecule has 0 spiro atoms. The molecule has 0 unspecified atom stereocenters. The van der Waals surface area contributed by atoms with Gasteiger partial charge in [0.05, 0.1) is 0 Å². The number of ether oxygens (including phenoxy) is 1. The normalized spacial score (nSPS) is 9.07. The maximum Gasteiger partial charge on any atom is 0.404 e. The van der Waals surface area contributed by atoms with E-state index in [0.717, 1.165) is 9.80 Å². The lowest BCUT2D eigenvalue weighted by molar-refractivity contribution is -0.171. The number of amides is 2. The second kappa shape index (κ2) is 5.08. The first-order valence-electron chi connectivity index (χ1n) is 3.96. The lowest BCUT2D eigenvalue weighted by Crippen LogP contribution is -2.37. The molecule has 0 rings (SSSR count). The molecule has 0 aliphatic rings. The molecule has 2 amide bonds. The molecule has 0 aromatic heterocycles. The number of nitrogens with zero attached hydrogens (tertiary/aromatic N) is 2. The maximum absolute atomic E-state index is 10.9. The van der Waals surface area contributed by atoms with Crippen molar-refractivity contribution in [3.05, 3.63) is 0 Å². The predicted octanol–water partition coefficient (Wildman–Crippen LogP) is -1.77. The minimum absolute atomic E-state index is 0.940. The average Bonchev–Trinajstić information content (AvgIpc) is 2.14. The molecule has 0 aromatic carbocycles. The van der Waals surface area contributed by atoms with E-state index in [2.05, 4.69) is 4.74 Å². The molecule has 0 bridgehead atoms. The third-order valence-corrected chi connectivity index (χ3v) is 1.35. The second-order valence-corrected chi connectivity index (χ2v) is 3.08. The van der Waals surface area contributed by atoms with Crippen LogP contribution in [0.4, 0.5) is 0 Å². The highest BCUT2D eigenvalue weighted by Gasteiger charge is 2.26. The van der Waals surface area contributed by atoms with Crippen molar-refractivity contribution in [2.24, 2.45) is 0 Å². The highest BCUT2D eigenvalue weighted by atomic mass is 16.6. The van der Waals surface area contributed by atoms with Gasteiger partial charge in [0.15, 0.2) is 0 Å². The van der Waals surface area contributed by atoms with Gasteiger partial charge in [-0.2, -0.15) is 0 Å². The predicted molar refractivity (Wildman–Crippen MR) is 48.5 cm³/mol. The van der Waals surface area contributed by atoms with E-state index in [0.29, 0.717) is 0 Å². The minimum atomic E-state index is -1.37. The Bertz CT molecular complexity index is 278. The van der Waals surface area contributed by atoms with Crippen LogP contribution in [0, 0.1) is 0 Å². The summed E-state index contributed by atoms with van der Waals surface area (Å²) in [6, 6.07) is 0. The van der Waals surface area contributed by atoms with E-state index in [-0.39, 0.29) is 0 Å². The lowest BCUT2D eigenvalue weighted by Gasteiger charge is -2.10. The number of likely N-dealkylation sites (N-methyl/N-ethyl adjacent to an activating group) is 2. The molecule has 0 radical (unpaired) electrons. The third-order valence-electron chi connectivity index (χ3n) is 1.35. The Kier molecular flexibility index (Phi) is 4.43. The molecule has 0 N–H and O–H groups in total. The van der Waals surface area contributed by atoms with E-state index < -0.39 is 23.8 Å². The van der Waals surface area contributed by atoms with Crippen LogP contribution in [0.2, 0.25) is 0 Å². The fourth-order valence-electron chi connectivity index (χ4n) is 0.537. The molecule has 84 valence electrons. The van der Waals surface area contributed by atoms with Gasteiger partial charge in [0, 0.05) is 28.2 Å². The fraction of sp³-hybridized carbons (Fsp3) is 0.500. The molecule has 0 aliphatic carbocycles. The van der Waals surface area contributed by atoms with Crippen LogP contribution in [0.1, 0.15) is 0 Å². The second-order valence-electron chi connectivity index (χ2n) is 3.08. The molecule has 7 heteroatoms. The Labute approximate surface area is 86.6 Å². The Morgan fingerprint density at radius 2 is 1.00 bits per heavy atom. The van der Waals surface area contributed by atoms with Crippen LogP contribution in [0.15, 0.2) is 0 Å². The van der Waals surface area contributed by atoms with Gasteiger partial charge in [-0.05, 0) is 0 Å². The van der Waals surface area contributed by atoms with E-state index in [1.807, 2.05) is 0 Å². The van der Waals surface area contributed by atoms with E-state index in [1.165, 1.54) is 28.2 Å². The van der Waals surface area contributed by atoms with Gasteiger partial charge in [0.2, 0.25) is 0 Å². The van der Waals surface area contributed by atoms with E-state index in [1.54, 1.807) is 0 Å². The Balaban J connectivity index is 4.38. The summed E-state index contributed by atoms with van der Waals surface area (Å²) in [7, 11) is 5.29. The quantitative estimate of drug-likeness (QED) is 0.272. The molecule has 0 saturated carbocycles. The maximum atomic E-state index is 10.9. The van der Waals surface area contributed by atoms with Gasteiger partial charge in [-0.3, -0.25) is 9.59 Å². The summed E-state index contributed by atoms with van der Waals surface area (Å²) in [5, 5.41) is 0. The standard InChI is InChI=1S/C8H12N2O5/c1-9(2)5(11)7(13)15-8(14)6(12)10(3)4/h1-4H3. The van der Waals surface area contributed by atoms with Gasteiger partial charge >= 0.3 is 23.8 Å². The van der Waals surface area contributed by atoms with Gasteiger partial charge in [0.1, 0.15) is 0 Å². The SMILES string of the molecule is CN(C)C(=O)C(=O)OC(=O)C(=O)N(C)C. The highest BCUT2D eigenvalue weighted by Crippen LogP contribution is 1.89. The van der Waals surface area contributed by atoms with Crippen LogP contribution in [0.25, 0.3) is 0 Å². The topological polar surface area (TPSA) is 84.0 Å². The third kappa shape index (κ3) is 3.75. The molecular weight excluding hydrogens is 204 g/mol. The summed E-state index contributed by atoms with van der Waals surface area (Å²) in [5.41, 5.74) is 0. The largest absolute Gasteiger partial charge is 0.404 e. The van der Waals surface area contributed by atoms with Gasteiger partial charge < -0.3 is 14.5 Å². The summed E-state index contributed by atoms with van der Waals surface area (Å²) in [5.74, 6) is -4.76. The van der Waals surface area contributed by atoms with Crippen LogP contribution >= 0.6 is 0 Å². The van der Waals surface area contributed by atoms with Crippen molar-refractivity contribution in [1.82, 2.24) is 9.80 Å². The van der Waals surface area contributed by atoms with E-state index >= 15 is 0 Å². The van der Waals surface area contributed by atoms with Crippen LogP contribution in [-0.4, -0.2) is 61.7 Å². The smallest absolute Gasteiger partial charge is 0.378 e. The Morgan fingerprint density at radius 1 is 0.733 bits per heavy atom. The number of carbonyl (C=O) groups excluding carboxylic acids is 4. The molecule has 0 aromatic rings. The van der Waals surface area contributed by atoms with Crippen LogP contribution < -0.4 is 0 Å². The molecule has 15 heavy (non-hydrogen) atoms. The molecular formula is C8H12N2O5.